The van der Waals surface area contributed by atoms with E-state index in [9.17, 15) is 5.11 Å². The first-order chi connectivity index (χ1) is 10.2. The molecule has 1 aromatic rings. The van der Waals surface area contributed by atoms with E-state index in [4.69, 9.17) is 0 Å². The molecule has 0 aromatic heterocycles. The normalized spacial score (nSPS) is 27.5. The molecule has 0 amide bonds. The Morgan fingerprint density at radius 3 is 2.67 bits per heavy atom. The van der Waals surface area contributed by atoms with Gasteiger partial charge in [0.1, 0.15) is 0 Å². The first kappa shape index (κ1) is 13.6. The Kier molecular flexibility index (Phi) is 3.23. The van der Waals surface area contributed by atoms with Crippen LogP contribution in [0.5, 0.6) is 0 Å². The van der Waals surface area contributed by atoms with Crippen LogP contribution in [0, 0.1) is 5.92 Å². The zero-order valence-corrected chi connectivity index (χ0v) is 12.9. The van der Waals surface area contributed by atoms with Gasteiger partial charge in [0.25, 0.3) is 0 Å². The van der Waals surface area contributed by atoms with E-state index in [-0.39, 0.29) is 12.1 Å². The summed E-state index contributed by atoms with van der Waals surface area (Å²) in [4.78, 5) is 2.53. The van der Waals surface area contributed by atoms with Crippen molar-refractivity contribution in [1.82, 2.24) is 5.32 Å². The first-order valence-corrected chi connectivity index (χ1v) is 8.45. The zero-order chi connectivity index (χ0) is 14.4. The lowest BCUT2D eigenvalue weighted by atomic mass is 9.92. The van der Waals surface area contributed by atoms with E-state index in [1.54, 1.807) is 0 Å². The second-order valence-corrected chi connectivity index (χ2v) is 7.32. The SMILES string of the molecule is CC1Cc2ccccc2N1CC(CO)(NC1CC1)C1CC1. The molecule has 1 aliphatic heterocycles. The van der Waals surface area contributed by atoms with E-state index < -0.39 is 0 Å². The molecular weight excluding hydrogens is 260 g/mol. The van der Waals surface area contributed by atoms with E-state index in [0.29, 0.717) is 18.0 Å². The number of aliphatic hydroxyl groups excluding tert-OH is 1. The van der Waals surface area contributed by atoms with E-state index >= 15 is 0 Å². The van der Waals surface area contributed by atoms with Gasteiger partial charge in [-0.1, -0.05) is 18.2 Å². The van der Waals surface area contributed by atoms with Crippen molar-refractivity contribution in [3.8, 4) is 0 Å². The standard InChI is InChI=1S/C18H26N2O/c1-13-10-14-4-2-3-5-17(14)20(13)11-18(12-21,15-6-7-15)19-16-8-9-16/h2-5,13,15-16,19,21H,6-12H2,1H3. The maximum atomic E-state index is 10.2. The molecule has 21 heavy (non-hydrogen) atoms. The molecule has 0 saturated heterocycles. The van der Waals surface area contributed by atoms with Crippen LogP contribution in [0.2, 0.25) is 0 Å². The fourth-order valence-corrected chi connectivity index (χ4v) is 3.96. The summed E-state index contributed by atoms with van der Waals surface area (Å²) in [6, 6.07) is 9.94. The quantitative estimate of drug-likeness (QED) is 0.842. The lowest BCUT2D eigenvalue weighted by Gasteiger charge is -2.40. The lowest BCUT2D eigenvalue weighted by molar-refractivity contribution is 0.140. The van der Waals surface area contributed by atoms with Gasteiger partial charge < -0.3 is 15.3 Å². The van der Waals surface area contributed by atoms with Crippen LogP contribution < -0.4 is 10.2 Å². The predicted octanol–water partition coefficient (Wildman–Crippen LogP) is 2.33. The van der Waals surface area contributed by atoms with E-state index in [1.807, 2.05) is 0 Å². The molecule has 3 nitrogen and oxygen atoms in total. The summed E-state index contributed by atoms with van der Waals surface area (Å²) in [5.74, 6) is 0.656. The van der Waals surface area contributed by atoms with Crippen LogP contribution in [0.3, 0.4) is 0 Å². The van der Waals surface area contributed by atoms with Gasteiger partial charge in [0.05, 0.1) is 12.1 Å². The van der Waals surface area contributed by atoms with E-state index in [2.05, 4.69) is 41.4 Å². The molecule has 0 radical (unpaired) electrons. The van der Waals surface area contributed by atoms with Gasteiger partial charge in [-0.2, -0.15) is 0 Å². The minimum atomic E-state index is -0.0904. The molecule has 2 saturated carbocycles. The summed E-state index contributed by atoms with van der Waals surface area (Å²) in [5, 5.41) is 14.0. The fraction of sp³-hybridized carbons (Fsp3) is 0.667. The number of aliphatic hydroxyl groups is 1. The second-order valence-electron chi connectivity index (χ2n) is 7.32. The Bertz CT molecular complexity index is 524. The smallest absolute Gasteiger partial charge is 0.0633 e. The van der Waals surface area contributed by atoms with Crippen molar-refractivity contribution >= 4 is 5.69 Å². The summed E-state index contributed by atoms with van der Waals surface area (Å²) in [6.45, 7) is 3.52. The number of hydrogen-bond acceptors (Lipinski definition) is 3. The molecule has 0 bridgehead atoms. The number of anilines is 1. The van der Waals surface area contributed by atoms with Gasteiger partial charge in [-0.25, -0.2) is 0 Å². The monoisotopic (exact) mass is 286 g/mol. The zero-order valence-electron chi connectivity index (χ0n) is 12.9. The molecule has 2 N–H and O–H groups in total. The maximum Gasteiger partial charge on any atom is 0.0633 e. The summed E-state index contributed by atoms with van der Waals surface area (Å²) < 4.78 is 0. The lowest BCUT2D eigenvalue weighted by Crippen LogP contribution is -2.59. The van der Waals surface area contributed by atoms with Crippen molar-refractivity contribution in [2.45, 2.75) is 56.7 Å². The van der Waals surface area contributed by atoms with Gasteiger partial charge in [-0.15, -0.1) is 0 Å². The van der Waals surface area contributed by atoms with Crippen molar-refractivity contribution in [2.75, 3.05) is 18.1 Å². The van der Waals surface area contributed by atoms with Gasteiger partial charge in [0, 0.05) is 24.3 Å². The Balaban J connectivity index is 1.60. The average molecular weight is 286 g/mol. The van der Waals surface area contributed by atoms with E-state index in [0.717, 1.165) is 13.0 Å². The maximum absolute atomic E-state index is 10.2. The molecule has 1 heterocycles. The molecule has 3 aliphatic rings. The van der Waals surface area contributed by atoms with Gasteiger partial charge in [0.15, 0.2) is 0 Å². The first-order valence-electron chi connectivity index (χ1n) is 8.45. The van der Waals surface area contributed by atoms with Crippen molar-refractivity contribution in [3.05, 3.63) is 29.8 Å². The second kappa shape index (κ2) is 4.99. The number of nitrogens with zero attached hydrogens (tertiary/aromatic N) is 1. The highest BCUT2D eigenvalue weighted by Crippen LogP contribution is 2.44. The van der Waals surface area contributed by atoms with Gasteiger partial charge in [-0.05, 0) is 56.6 Å². The highest BCUT2D eigenvalue weighted by molar-refractivity contribution is 5.59. The Labute approximate surface area is 127 Å². The molecule has 2 aliphatic carbocycles. The van der Waals surface area contributed by atoms with Crippen LogP contribution in [0.25, 0.3) is 0 Å². The molecule has 2 fully saturated rings. The van der Waals surface area contributed by atoms with Crippen molar-refractivity contribution in [2.24, 2.45) is 5.92 Å². The average Bonchev–Trinajstić information content (AvgIpc) is 3.38. The van der Waals surface area contributed by atoms with Crippen LogP contribution >= 0.6 is 0 Å². The highest BCUT2D eigenvalue weighted by Gasteiger charge is 2.49. The molecule has 4 rings (SSSR count). The molecule has 2 unspecified atom stereocenters. The molecule has 1 aromatic carbocycles. The van der Waals surface area contributed by atoms with Crippen LogP contribution in [0.15, 0.2) is 24.3 Å². The van der Waals surface area contributed by atoms with Crippen LogP contribution in [-0.4, -0.2) is 35.9 Å². The molecular formula is C18H26N2O. The highest BCUT2D eigenvalue weighted by atomic mass is 16.3. The summed E-state index contributed by atoms with van der Waals surface area (Å²) in [5.41, 5.74) is 2.74. The van der Waals surface area contributed by atoms with Crippen molar-refractivity contribution in [3.63, 3.8) is 0 Å². The van der Waals surface area contributed by atoms with Crippen LogP contribution in [0.1, 0.15) is 38.2 Å². The third-order valence-corrected chi connectivity index (χ3v) is 5.51. The third-order valence-electron chi connectivity index (χ3n) is 5.51. The Morgan fingerprint density at radius 2 is 2.00 bits per heavy atom. The Hall–Kier alpha value is -1.06. The number of para-hydroxylation sites is 1. The topological polar surface area (TPSA) is 35.5 Å². The van der Waals surface area contributed by atoms with Crippen molar-refractivity contribution in [1.29, 1.82) is 0 Å². The molecule has 3 heteroatoms. The number of fused-ring (bicyclic) bond motifs is 1. The molecule has 0 spiro atoms. The third kappa shape index (κ3) is 2.47. The van der Waals surface area contributed by atoms with Gasteiger partial charge in [-0.3, -0.25) is 0 Å². The minimum Gasteiger partial charge on any atom is -0.394 e. The van der Waals surface area contributed by atoms with Gasteiger partial charge >= 0.3 is 0 Å². The van der Waals surface area contributed by atoms with Gasteiger partial charge in [0.2, 0.25) is 0 Å². The van der Waals surface area contributed by atoms with E-state index in [1.165, 1.54) is 36.9 Å². The predicted molar refractivity (Wildman–Crippen MR) is 85.7 cm³/mol. The molecule has 2 atom stereocenters. The summed E-state index contributed by atoms with van der Waals surface area (Å²) in [7, 11) is 0. The van der Waals surface area contributed by atoms with Crippen LogP contribution in [-0.2, 0) is 6.42 Å². The molecule has 114 valence electrons. The van der Waals surface area contributed by atoms with Crippen LogP contribution in [0.4, 0.5) is 5.69 Å². The number of hydrogen-bond donors (Lipinski definition) is 2. The Morgan fingerprint density at radius 1 is 1.24 bits per heavy atom. The summed E-state index contributed by atoms with van der Waals surface area (Å²) >= 11 is 0. The summed E-state index contributed by atoms with van der Waals surface area (Å²) in [6.07, 6.45) is 6.22. The number of nitrogens with one attached hydrogen (secondary N) is 1. The fourth-order valence-electron chi connectivity index (χ4n) is 3.96. The van der Waals surface area contributed by atoms with Crippen molar-refractivity contribution < 1.29 is 5.11 Å². The minimum absolute atomic E-state index is 0.0904. The number of rotatable bonds is 6. The largest absolute Gasteiger partial charge is 0.394 e. The number of benzene rings is 1.